The molecule has 0 aliphatic carbocycles. The van der Waals surface area contributed by atoms with Crippen LogP contribution in [0.25, 0.3) is 11.0 Å². The van der Waals surface area contributed by atoms with Crippen LogP contribution in [0.1, 0.15) is 24.6 Å². The average Bonchev–Trinajstić information content (AvgIpc) is 3.07. The first-order valence-electron chi connectivity index (χ1n) is 6.88. The summed E-state index contributed by atoms with van der Waals surface area (Å²) < 4.78 is 7.63. The Hall–Kier alpha value is -1.82. The zero-order valence-corrected chi connectivity index (χ0v) is 12.5. The molecule has 3 N–H and O–H groups in total. The smallest absolute Gasteiger partial charge is 0.193 e. The van der Waals surface area contributed by atoms with Gasteiger partial charge in [0.05, 0.1) is 17.1 Å². The van der Waals surface area contributed by atoms with Crippen molar-refractivity contribution in [1.29, 1.82) is 0 Å². The summed E-state index contributed by atoms with van der Waals surface area (Å²) in [5.41, 5.74) is 4.89. The van der Waals surface area contributed by atoms with Gasteiger partial charge in [-0.15, -0.1) is 0 Å². The van der Waals surface area contributed by atoms with Crippen molar-refractivity contribution in [3.8, 4) is 0 Å². The van der Waals surface area contributed by atoms with Crippen molar-refractivity contribution >= 4 is 22.6 Å². The predicted octanol–water partition coefficient (Wildman–Crippen LogP) is 3.05. The van der Waals surface area contributed by atoms with Crippen LogP contribution in [0.15, 0.2) is 40.8 Å². The van der Waals surface area contributed by atoms with Gasteiger partial charge in [0.2, 0.25) is 0 Å². The van der Waals surface area contributed by atoms with Gasteiger partial charge in [0.1, 0.15) is 11.6 Å². The third-order valence-electron chi connectivity index (χ3n) is 3.58. The Kier molecular flexibility index (Phi) is 3.96. The molecule has 1 aromatic carbocycles. The fourth-order valence-corrected chi connectivity index (χ4v) is 2.73. The van der Waals surface area contributed by atoms with Crippen molar-refractivity contribution in [2.75, 3.05) is 0 Å². The Balaban J connectivity index is 1.96. The Labute approximate surface area is 127 Å². The number of halogens is 1. The average molecular weight is 305 g/mol. The van der Waals surface area contributed by atoms with E-state index in [1.54, 1.807) is 6.07 Å². The first-order chi connectivity index (χ1) is 10.2. The normalized spacial score (nSPS) is 12.9. The number of para-hydroxylation sites is 2. The quantitative estimate of drug-likeness (QED) is 0.561. The molecule has 0 spiro atoms. The largest absolute Gasteiger partial charge is 0.448 e. The minimum Gasteiger partial charge on any atom is -0.448 e. The van der Waals surface area contributed by atoms with E-state index in [9.17, 15) is 0 Å². The molecular weight excluding hydrogens is 288 g/mol. The molecule has 0 radical (unpaired) electrons. The zero-order chi connectivity index (χ0) is 14.8. The minimum atomic E-state index is -0.167. The number of hydrogen-bond acceptors (Lipinski definition) is 4. The molecular formula is C15H17ClN4O. The molecule has 6 heteroatoms. The van der Waals surface area contributed by atoms with Crippen LogP contribution in [0.3, 0.4) is 0 Å². The summed E-state index contributed by atoms with van der Waals surface area (Å²) >= 11 is 5.83. The summed E-state index contributed by atoms with van der Waals surface area (Å²) in [4.78, 5) is 4.70. The van der Waals surface area contributed by atoms with E-state index in [4.69, 9.17) is 26.8 Å². The Morgan fingerprint density at radius 1 is 1.33 bits per heavy atom. The lowest BCUT2D eigenvalue weighted by Crippen LogP contribution is -2.30. The van der Waals surface area contributed by atoms with Gasteiger partial charge in [0.25, 0.3) is 0 Å². The molecule has 0 fully saturated rings. The van der Waals surface area contributed by atoms with Crippen LogP contribution in [0, 0.1) is 0 Å². The highest BCUT2D eigenvalue weighted by molar-refractivity contribution is 6.28. The van der Waals surface area contributed by atoms with Crippen LogP contribution >= 0.6 is 11.6 Å². The number of nitrogens with zero attached hydrogens (tertiary/aromatic N) is 2. The topological polar surface area (TPSA) is 69.0 Å². The van der Waals surface area contributed by atoms with Gasteiger partial charge in [-0.05, 0) is 42.8 Å². The summed E-state index contributed by atoms with van der Waals surface area (Å²) in [5, 5.41) is 0.356. The summed E-state index contributed by atoms with van der Waals surface area (Å²) in [7, 11) is 0. The van der Waals surface area contributed by atoms with E-state index in [1.807, 2.05) is 24.3 Å². The standard InChI is InChI=1S/C15H17ClN4O/c1-2-20-12-6-4-3-5-10(12)18-15(20)9-11(19-17)13-7-8-14(16)21-13/h3-8,11,19H,2,9,17H2,1H3. The minimum absolute atomic E-state index is 0.167. The molecule has 5 nitrogen and oxygen atoms in total. The number of furan rings is 1. The lowest BCUT2D eigenvalue weighted by molar-refractivity contribution is 0.409. The molecule has 0 aliphatic heterocycles. The van der Waals surface area contributed by atoms with Crippen molar-refractivity contribution in [3.63, 3.8) is 0 Å². The van der Waals surface area contributed by atoms with Crippen LogP contribution in [0.5, 0.6) is 0 Å². The number of rotatable bonds is 5. The van der Waals surface area contributed by atoms with Crippen molar-refractivity contribution < 1.29 is 4.42 Å². The molecule has 1 unspecified atom stereocenters. The zero-order valence-electron chi connectivity index (χ0n) is 11.7. The summed E-state index contributed by atoms with van der Waals surface area (Å²) in [6.45, 7) is 2.96. The molecule has 3 rings (SSSR count). The fraction of sp³-hybridized carbons (Fsp3) is 0.267. The molecule has 2 heterocycles. The van der Waals surface area contributed by atoms with Crippen molar-refractivity contribution in [2.24, 2.45) is 5.84 Å². The van der Waals surface area contributed by atoms with Gasteiger partial charge in [-0.3, -0.25) is 5.84 Å². The predicted molar refractivity (Wildman–Crippen MR) is 82.9 cm³/mol. The van der Waals surface area contributed by atoms with E-state index >= 15 is 0 Å². The second-order valence-corrected chi connectivity index (χ2v) is 5.20. The maximum Gasteiger partial charge on any atom is 0.193 e. The Morgan fingerprint density at radius 2 is 2.14 bits per heavy atom. The lowest BCUT2D eigenvalue weighted by Gasteiger charge is -2.14. The highest BCUT2D eigenvalue weighted by Gasteiger charge is 2.19. The first-order valence-corrected chi connectivity index (χ1v) is 7.26. The monoisotopic (exact) mass is 304 g/mol. The summed E-state index contributed by atoms with van der Waals surface area (Å²) in [6.07, 6.45) is 0.628. The number of hydrazine groups is 1. The van der Waals surface area contributed by atoms with Gasteiger partial charge in [0, 0.05) is 13.0 Å². The molecule has 1 atom stereocenters. The van der Waals surface area contributed by atoms with E-state index in [-0.39, 0.29) is 6.04 Å². The van der Waals surface area contributed by atoms with Crippen LogP contribution in [-0.2, 0) is 13.0 Å². The third-order valence-corrected chi connectivity index (χ3v) is 3.78. The summed E-state index contributed by atoms with van der Waals surface area (Å²) in [5.74, 6) is 7.33. The summed E-state index contributed by atoms with van der Waals surface area (Å²) in [6, 6.07) is 11.5. The molecule has 0 aliphatic rings. The van der Waals surface area contributed by atoms with E-state index in [1.165, 1.54) is 0 Å². The Bertz CT molecular complexity index is 749. The van der Waals surface area contributed by atoms with Crippen molar-refractivity contribution in [1.82, 2.24) is 15.0 Å². The van der Waals surface area contributed by atoms with Gasteiger partial charge in [-0.2, -0.15) is 0 Å². The molecule has 21 heavy (non-hydrogen) atoms. The van der Waals surface area contributed by atoms with Gasteiger partial charge in [0.15, 0.2) is 5.22 Å². The highest BCUT2D eigenvalue weighted by Crippen LogP contribution is 2.24. The number of benzene rings is 1. The van der Waals surface area contributed by atoms with Crippen molar-refractivity contribution in [3.05, 3.63) is 53.2 Å². The van der Waals surface area contributed by atoms with E-state index in [0.29, 0.717) is 17.4 Å². The molecule has 3 aromatic rings. The first kappa shape index (κ1) is 14.1. The maximum absolute atomic E-state index is 5.83. The van der Waals surface area contributed by atoms with Crippen LogP contribution in [0.2, 0.25) is 5.22 Å². The number of aromatic nitrogens is 2. The van der Waals surface area contributed by atoms with E-state index < -0.39 is 0 Å². The van der Waals surface area contributed by atoms with Gasteiger partial charge >= 0.3 is 0 Å². The number of hydrogen-bond donors (Lipinski definition) is 2. The Morgan fingerprint density at radius 3 is 2.81 bits per heavy atom. The molecule has 0 saturated carbocycles. The third kappa shape index (κ3) is 2.68. The van der Waals surface area contributed by atoms with Crippen LogP contribution in [0.4, 0.5) is 0 Å². The molecule has 0 saturated heterocycles. The van der Waals surface area contributed by atoms with Gasteiger partial charge < -0.3 is 8.98 Å². The maximum atomic E-state index is 5.83. The highest BCUT2D eigenvalue weighted by atomic mass is 35.5. The molecule has 110 valence electrons. The second kappa shape index (κ2) is 5.89. The second-order valence-electron chi connectivity index (χ2n) is 4.83. The number of nitrogens with two attached hydrogens (primary N) is 1. The number of aryl methyl sites for hydroxylation is 1. The van der Waals surface area contributed by atoms with E-state index in [2.05, 4.69) is 23.0 Å². The SMILES string of the molecule is CCn1c(CC(NN)c2ccc(Cl)o2)nc2ccccc21. The van der Waals surface area contributed by atoms with Crippen LogP contribution in [-0.4, -0.2) is 9.55 Å². The van der Waals surface area contributed by atoms with Crippen LogP contribution < -0.4 is 11.3 Å². The fourth-order valence-electron chi connectivity index (χ4n) is 2.57. The molecule has 2 aromatic heterocycles. The number of fused-ring (bicyclic) bond motifs is 1. The molecule has 0 amide bonds. The van der Waals surface area contributed by atoms with Gasteiger partial charge in [-0.1, -0.05) is 12.1 Å². The molecule has 0 bridgehead atoms. The van der Waals surface area contributed by atoms with E-state index in [0.717, 1.165) is 23.4 Å². The number of nitrogens with one attached hydrogen (secondary N) is 1. The van der Waals surface area contributed by atoms with Gasteiger partial charge in [-0.25, -0.2) is 10.4 Å². The lowest BCUT2D eigenvalue weighted by atomic mass is 10.1. The van der Waals surface area contributed by atoms with Crippen molar-refractivity contribution in [2.45, 2.75) is 25.9 Å². The number of imidazole rings is 1.